The minimum atomic E-state index is -0.134. The first-order valence-electron chi connectivity index (χ1n) is 5.44. The maximum absolute atomic E-state index is 8.75. The second-order valence-corrected chi connectivity index (χ2v) is 3.88. The Morgan fingerprint density at radius 2 is 2.19 bits per heavy atom. The van der Waals surface area contributed by atoms with E-state index in [1.165, 1.54) is 5.56 Å². The molecule has 0 saturated heterocycles. The third kappa shape index (κ3) is 3.56. The molecule has 86 valence electrons. The lowest BCUT2D eigenvalue weighted by molar-refractivity contribution is 0.298. The Balaban J connectivity index is 2.46. The van der Waals surface area contributed by atoms with Crippen LogP contribution in [0.25, 0.3) is 0 Å². The number of aryl methyl sites for hydroxylation is 2. The molecule has 0 spiro atoms. The highest BCUT2D eigenvalue weighted by Gasteiger charge is 2.04. The van der Waals surface area contributed by atoms with Gasteiger partial charge in [-0.25, -0.2) is 0 Å². The lowest BCUT2D eigenvalue weighted by atomic mass is 10.1. The summed E-state index contributed by atoms with van der Waals surface area (Å²) in [7, 11) is 1.78. The first-order valence-corrected chi connectivity index (χ1v) is 5.44. The molecule has 0 radical (unpaired) electrons. The molecule has 1 atom stereocenters. The molecule has 1 rings (SSSR count). The van der Waals surface area contributed by atoms with Crippen LogP contribution in [0.4, 0.5) is 0 Å². The molecule has 1 N–H and O–H groups in total. The van der Waals surface area contributed by atoms with Crippen LogP contribution in [-0.2, 0) is 0 Å². The summed E-state index contributed by atoms with van der Waals surface area (Å²) >= 11 is 0. The van der Waals surface area contributed by atoms with Crippen molar-refractivity contribution in [3.63, 3.8) is 0 Å². The van der Waals surface area contributed by atoms with Gasteiger partial charge in [0.2, 0.25) is 0 Å². The minimum absolute atomic E-state index is 0.134. The molecule has 0 aliphatic heterocycles. The van der Waals surface area contributed by atoms with Gasteiger partial charge in [-0.3, -0.25) is 0 Å². The smallest absolute Gasteiger partial charge is 0.122 e. The number of nitrogens with one attached hydrogen (secondary N) is 1. The van der Waals surface area contributed by atoms with Gasteiger partial charge in [0.05, 0.1) is 18.7 Å². The molecule has 0 aromatic heterocycles. The standard InChI is InChI=1S/C13H18N2O/c1-10-4-5-13(11(2)8-10)16-7-6-12(9-14)15-3/h4-5,8,12,15H,6-7H2,1-3H3. The third-order valence-corrected chi connectivity index (χ3v) is 2.50. The monoisotopic (exact) mass is 218 g/mol. The van der Waals surface area contributed by atoms with Gasteiger partial charge in [-0.05, 0) is 32.5 Å². The summed E-state index contributed by atoms with van der Waals surface area (Å²) in [6.45, 7) is 4.65. The van der Waals surface area contributed by atoms with Crippen LogP contribution in [0.3, 0.4) is 0 Å². The Labute approximate surface area is 97.0 Å². The summed E-state index contributed by atoms with van der Waals surface area (Å²) in [6.07, 6.45) is 0.695. The highest BCUT2D eigenvalue weighted by atomic mass is 16.5. The SMILES string of the molecule is CNC(C#N)CCOc1ccc(C)cc1C. The second kappa shape index (κ2) is 6.14. The van der Waals surface area contributed by atoms with E-state index in [0.717, 1.165) is 11.3 Å². The molecule has 0 aliphatic carbocycles. The zero-order valence-electron chi connectivity index (χ0n) is 10.1. The van der Waals surface area contributed by atoms with Crippen LogP contribution in [0.2, 0.25) is 0 Å². The minimum Gasteiger partial charge on any atom is -0.493 e. The van der Waals surface area contributed by atoms with Crippen molar-refractivity contribution < 1.29 is 4.74 Å². The highest BCUT2D eigenvalue weighted by Crippen LogP contribution is 2.18. The van der Waals surface area contributed by atoms with Gasteiger partial charge in [-0.15, -0.1) is 0 Å². The van der Waals surface area contributed by atoms with Crippen LogP contribution in [0.5, 0.6) is 5.75 Å². The molecule has 3 nitrogen and oxygen atoms in total. The molecule has 0 amide bonds. The molecular weight excluding hydrogens is 200 g/mol. The molecule has 3 heteroatoms. The molecule has 1 aromatic carbocycles. The predicted octanol–water partition coefficient (Wildman–Crippen LogP) is 2.18. The van der Waals surface area contributed by atoms with E-state index in [1.807, 2.05) is 19.1 Å². The summed E-state index contributed by atoms with van der Waals surface area (Å²) in [6, 6.07) is 8.14. The van der Waals surface area contributed by atoms with Crippen LogP contribution in [-0.4, -0.2) is 19.7 Å². The molecule has 0 saturated carbocycles. The van der Waals surface area contributed by atoms with Crippen molar-refractivity contribution >= 4 is 0 Å². The molecule has 0 bridgehead atoms. The Bertz CT molecular complexity index is 382. The second-order valence-electron chi connectivity index (χ2n) is 3.88. The van der Waals surface area contributed by atoms with E-state index in [4.69, 9.17) is 10.00 Å². The first kappa shape index (κ1) is 12.5. The molecule has 0 aliphatic rings. The van der Waals surface area contributed by atoms with Crippen LogP contribution in [0.15, 0.2) is 18.2 Å². The van der Waals surface area contributed by atoms with Gasteiger partial charge in [0, 0.05) is 6.42 Å². The summed E-state index contributed by atoms with van der Waals surface area (Å²) in [5.41, 5.74) is 2.37. The summed E-state index contributed by atoms with van der Waals surface area (Å²) < 4.78 is 5.63. The lowest BCUT2D eigenvalue weighted by Gasteiger charge is -2.11. The quantitative estimate of drug-likeness (QED) is 0.824. The molecule has 16 heavy (non-hydrogen) atoms. The molecule has 0 heterocycles. The largest absolute Gasteiger partial charge is 0.493 e. The van der Waals surface area contributed by atoms with Crippen molar-refractivity contribution in [3.05, 3.63) is 29.3 Å². The number of nitrogens with zero attached hydrogens (tertiary/aromatic N) is 1. The van der Waals surface area contributed by atoms with Gasteiger partial charge in [0.1, 0.15) is 5.75 Å². The van der Waals surface area contributed by atoms with Gasteiger partial charge in [-0.1, -0.05) is 17.7 Å². The van der Waals surface area contributed by atoms with E-state index in [-0.39, 0.29) is 6.04 Å². The van der Waals surface area contributed by atoms with Crippen LogP contribution >= 0.6 is 0 Å². The average Bonchev–Trinajstić information content (AvgIpc) is 2.27. The van der Waals surface area contributed by atoms with Crippen LogP contribution in [0.1, 0.15) is 17.5 Å². The highest BCUT2D eigenvalue weighted by molar-refractivity contribution is 5.35. The van der Waals surface area contributed by atoms with Crippen LogP contribution < -0.4 is 10.1 Å². The zero-order chi connectivity index (χ0) is 12.0. The van der Waals surface area contributed by atoms with Crippen molar-refractivity contribution in [3.8, 4) is 11.8 Å². The molecular formula is C13H18N2O. The number of benzene rings is 1. The van der Waals surface area contributed by atoms with Crippen molar-refractivity contribution in [2.75, 3.05) is 13.7 Å². The van der Waals surface area contributed by atoms with Crippen molar-refractivity contribution in [2.24, 2.45) is 0 Å². The number of nitriles is 1. The van der Waals surface area contributed by atoms with Crippen molar-refractivity contribution in [1.82, 2.24) is 5.32 Å². The topological polar surface area (TPSA) is 45.0 Å². The zero-order valence-corrected chi connectivity index (χ0v) is 10.1. The third-order valence-electron chi connectivity index (χ3n) is 2.50. The van der Waals surface area contributed by atoms with Crippen molar-refractivity contribution in [1.29, 1.82) is 5.26 Å². The van der Waals surface area contributed by atoms with Gasteiger partial charge >= 0.3 is 0 Å². The van der Waals surface area contributed by atoms with Crippen molar-refractivity contribution in [2.45, 2.75) is 26.3 Å². The molecule has 1 unspecified atom stereocenters. The first-order chi connectivity index (χ1) is 7.67. The number of hydrogen-bond acceptors (Lipinski definition) is 3. The lowest BCUT2D eigenvalue weighted by Crippen LogP contribution is -2.25. The van der Waals surface area contributed by atoms with E-state index in [2.05, 4.69) is 24.4 Å². The summed E-state index contributed by atoms with van der Waals surface area (Å²) in [4.78, 5) is 0. The number of hydrogen-bond donors (Lipinski definition) is 1. The predicted molar refractivity (Wildman–Crippen MR) is 64.5 cm³/mol. The van der Waals surface area contributed by atoms with E-state index in [0.29, 0.717) is 13.0 Å². The van der Waals surface area contributed by atoms with E-state index >= 15 is 0 Å². The van der Waals surface area contributed by atoms with E-state index < -0.39 is 0 Å². The fourth-order valence-electron chi connectivity index (χ4n) is 1.52. The fraction of sp³-hybridized carbons (Fsp3) is 0.462. The maximum atomic E-state index is 8.75. The number of rotatable bonds is 5. The van der Waals surface area contributed by atoms with Gasteiger partial charge in [0.25, 0.3) is 0 Å². The van der Waals surface area contributed by atoms with Gasteiger partial charge in [-0.2, -0.15) is 5.26 Å². The van der Waals surface area contributed by atoms with Gasteiger partial charge < -0.3 is 10.1 Å². The van der Waals surface area contributed by atoms with Gasteiger partial charge in [0.15, 0.2) is 0 Å². The Hall–Kier alpha value is -1.53. The summed E-state index contributed by atoms with van der Waals surface area (Å²) in [5.74, 6) is 0.901. The normalized spacial score (nSPS) is 11.9. The molecule has 0 fully saturated rings. The number of ether oxygens (including phenoxy) is 1. The Morgan fingerprint density at radius 1 is 1.44 bits per heavy atom. The molecule has 1 aromatic rings. The van der Waals surface area contributed by atoms with Crippen LogP contribution in [0, 0.1) is 25.2 Å². The summed E-state index contributed by atoms with van der Waals surface area (Å²) in [5, 5.41) is 11.7. The fourth-order valence-corrected chi connectivity index (χ4v) is 1.52. The average molecular weight is 218 g/mol. The van der Waals surface area contributed by atoms with E-state index in [9.17, 15) is 0 Å². The Morgan fingerprint density at radius 3 is 2.75 bits per heavy atom. The maximum Gasteiger partial charge on any atom is 0.122 e. The Kier molecular flexibility index (Phi) is 4.81. The van der Waals surface area contributed by atoms with E-state index in [1.54, 1.807) is 7.05 Å².